The maximum atomic E-state index is 13.9. The van der Waals surface area contributed by atoms with E-state index in [4.69, 9.17) is 9.47 Å². The average molecular weight is 477 g/mol. The Morgan fingerprint density at radius 3 is 1.63 bits per heavy atom. The Labute approximate surface area is 206 Å². The standard InChI is InChI=1S/C29H32O6/c1-16(2)28(32)34-21-14-8-12-19-23(26(30)18-10-6-5-7-11-18)20-13-9-15-22(35-29(33)17(3)4)25(20)27(31)24(19)21/h8-9,12-18,23H,5-7,10-11H2,1-4H3. The van der Waals surface area contributed by atoms with Crippen molar-refractivity contribution in [3.05, 3.63) is 58.7 Å². The molecule has 0 saturated heterocycles. The Balaban J connectivity index is 1.89. The van der Waals surface area contributed by atoms with Gasteiger partial charge in [0, 0.05) is 5.92 Å². The number of esters is 2. The minimum absolute atomic E-state index is 0.0550. The van der Waals surface area contributed by atoms with E-state index in [0.29, 0.717) is 11.1 Å². The highest BCUT2D eigenvalue weighted by atomic mass is 16.5. The van der Waals surface area contributed by atoms with E-state index in [1.165, 1.54) is 0 Å². The van der Waals surface area contributed by atoms with Crippen molar-refractivity contribution in [3.63, 3.8) is 0 Å². The fourth-order valence-electron chi connectivity index (χ4n) is 4.91. The number of ether oxygens (including phenoxy) is 2. The van der Waals surface area contributed by atoms with E-state index < -0.39 is 23.6 Å². The Kier molecular flexibility index (Phi) is 7.20. The van der Waals surface area contributed by atoms with E-state index in [2.05, 4.69) is 0 Å². The van der Waals surface area contributed by atoms with E-state index in [0.717, 1.165) is 32.1 Å². The molecule has 35 heavy (non-hydrogen) atoms. The summed E-state index contributed by atoms with van der Waals surface area (Å²) in [5.74, 6) is -2.62. The summed E-state index contributed by atoms with van der Waals surface area (Å²) in [6.07, 6.45) is 4.75. The first-order chi connectivity index (χ1) is 16.7. The normalized spacial score (nSPS) is 16.1. The van der Waals surface area contributed by atoms with Gasteiger partial charge >= 0.3 is 11.9 Å². The number of Topliss-reactive ketones (excluding diaryl/α,β-unsaturated/α-hetero) is 1. The second kappa shape index (κ2) is 10.1. The third kappa shape index (κ3) is 4.79. The monoisotopic (exact) mass is 476 g/mol. The van der Waals surface area contributed by atoms with Gasteiger partial charge in [-0.3, -0.25) is 19.2 Å². The van der Waals surface area contributed by atoms with Crippen molar-refractivity contribution < 1.29 is 28.7 Å². The van der Waals surface area contributed by atoms with Gasteiger partial charge in [-0.05, 0) is 36.1 Å². The topological polar surface area (TPSA) is 86.7 Å². The fourth-order valence-corrected chi connectivity index (χ4v) is 4.91. The molecule has 6 nitrogen and oxygen atoms in total. The van der Waals surface area contributed by atoms with Crippen molar-refractivity contribution in [1.82, 2.24) is 0 Å². The summed E-state index contributed by atoms with van der Waals surface area (Å²) in [6.45, 7) is 6.86. The van der Waals surface area contributed by atoms with Crippen molar-refractivity contribution in [2.24, 2.45) is 17.8 Å². The molecule has 0 heterocycles. The molecule has 0 N–H and O–H groups in total. The van der Waals surface area contributed by atoms with Crippen LogP contribution in [0.4, 0.5) is 0 Å². The molecule has 4 rings (SSSR count). The molecular weight excluding hydrogens is 444 g/mol. The first-order valence-electron chi connectivity index (χ1n) is 12.5. The van der Waals surface area contributed by atoms with Crippen LogP contribution in [-0.4, -0.2) is 23.5 Å². The molecule has 6 heteroatoms. The molecule has 0 atom stereocenters. The zero-order valence-corrected chi connectivity index (χ0v) is 20.8. The molecule has 0 spiro atoms. The van der Waals surface area contributed by atoms with Crippen LogP contribution in [0, 0.1) is 17.8 Å². The number of ketones is 2. The summed E-state index contributed by atoms with van der Waals surface area (Å²) in [4.78, 5) is 52.7. The van der Waals surface area contributed by atoms with E-state index in [9.17, 15) is 19.2 Å². The third-order valence-corrected chi connectivity index (χ3v) is 6.85. The van der Waals surface area contributed by atoms with Gasteiger partial charge in [0.2, 0.25) is 5.78 Å². The highest BCUT2D eigenvalue weighted by Gasteiger charge is 2.41. The van der Waals surface area contributed by atoms with Crippen LogP contribution in [0.2, 0.25) is 0 Å². The largest absolute Gasteiger partial charge is 0.426 e. The second-order valence-electron chi connectivity index (χ2n) is 10.1. The molecule has 0 unspecified atom stereocenters. The molecule has 2 aliphatic carbocycles. The number of benzene rings is 2. The third-order valence-electron chi connectivity index (χ3n) is 6.85. The van der Waals surface area contributed by atoms with Gasteiger partial charge in [-0.2, -0.15) is 0 Å². The lowest BCUT2D eigenvalue weighted by Gasteiger charge is -2.32. The van der Waals surface area contributed by atoms with Crippen LogP contribution in [0.25, 0.3) is 0 Å². The van der Waals surface area contributed by atoms with Crippen LogP contribution >= 0.6 is 0 Å². The maximum absolute atomic E-state index is 13.9. The molecule has 1 saturated carbocycles. The zero-order valence-electron chi connectivity index (χ0n) is 20.8. The fraction of sp³-hybridized carbons (Fsp3) is 0.448. The van der Waals surface area contributed by atoms with Gasteiger partial charge < -0.3 is 9.47 Å². The van der Waals surface area contributed by atoms with Gasteiger partial charge in [0.05, 0.1) is 28.9 Å². The zero-order chi connectivity index (χ0) is 25.3. The lowest BCUT2D eigenvalue weighted by molar-refractivity contribution is -0.138. The molecule has 1 fully saturated rings. The van der Waals surface area contributed by atoms with E-state index in [-0.39, 0.29) is 46.2 Å². The van der Waals surface area contributed by atoms with Crippen molar-refractivity contribution in [2.75, 3.05) is 0 Å². The molecule has 2 aromatic rings. The number of carbonyl (C=O) groups excluding carboxylic acids is 4. The number of carbonyl (C=O) groups is 4. The molecule has 0 bridgehead atoms. The van der Waals surface area contributed by atoms with E-state index >= 15 is 0 Å². The van der Waals surface area contributed by atoms with Gasteiger partial charge in [0.1, 0.15) is 17.3 Å². The van der Waals surface area contributed by atoms with Crippen LogP contribution in [0.15, 0.2) is 36.4 Å². The summed E-state index contributed by atoms with van der Waals surface area (Å²) in [5, 5.41) is 0. The Morgan fingerprint density at radius 1 is 0.743 bits per heavy atom. The quantitative estimate of drug-likeness (QED) is 0.396. The first-order valence-corrected chi connectivity index (χ1v) is 12.5. The smallest absolute Gasteiger partial charge is 0.313 e. The summed E-state index contributed by atoms with van der Waals surface area (Å²) in [6, 6.07) is 10.1. The van der Waals surface area contributed by atoms with Crippen molar-refractivity contribution in [1.29, 1.82) is 0 Å². The summed E-state index contributed by atoms with van der Waals surface area (Å²) in [7, 11) is 0. The average Bonchev–Trinajstić information content (AvgIpc) is 2.84. The number of hydrogen-bond donors (Lipinski definition) is 0. The van der Waals surface area contributed by atoms with E-state index in [1.54, 1.807) is 64.1 Å². The number of fused-ring (bicyclic) bond motifs is 2. The van der Waals surface area contributed by atoms with Gasteiger partial charge in [0.15, 0.2) is 0 Å². The molecular formula is C29H32O6. The van der Waals surface area contributed by atoms with Gasteiger partial charge in [-0.25, -0.2) is 0 Å². The molecule has 184 valence electrons. The SMILES string of the molecule is CC(C)C(=O)Oc1cccc2c1C(=O)c1c(OC(=O)C(C)C)cccc1C2C(=O)C1CCCCC1. The highest BCUT2D eigenvalue weighted by Crippen LogP contribution is 2.46. The second-order valence-corrected chi connectivity index (χ2v) is 10.1. The molecule has 0 radical (unpaired) electrons. The summed E-state index contributed by atoms with van der Waals surface area (Å²) < 4.78 is 11.2. The van der Waals surface area contributed by atoms with Gasteiger partial charge in [0.25, 0.3) is 0 Å². The molecule has 0 amide bonds. The highest BCUT2D eigenvalue weighted by molar-refractivity contribution is 6.18. The van der Waals surface area contributed by atoms with Gasteiger partial charge in [-0.1, -0.05) is 71.2 Å². The Hall–Kier alpha value is -3.28. The lowest BCUT2D eigenvalue weighted by Crippen LogP contribution is -2.31. The molecule has 2 aliphatic rings. The molecule has 0 aromatic heterocycles. The van der Waals surface area contributed by atoms with Crippen LogP contribution in [0.1, 0.15) is 92.8 Å². The van der Waals surface area contributed by atoms with Crippen molar-refractivity contribution in [2.45, 2.75) is 65.7 Å². The lowest BCUT2D eigenvalue weighted by atomic mass is 9.70. The maximum Gasteiger partial charge on any atom is 0.313 e. The van der Waals surface area contributed by atoms with Gasteiger partial charge in [-0.15, -0.1) is 0 Å². The number of rotatable bonds is 6. The Morgan fingerprint density at radius 2 is 1.20 bits per heavy atom. The van der Waals surface area contributed by atoms with Crippen LogP contribution in [0.3, 0.4) is 0 Å². The summed E-state index contributed by atoms with van der Waals surface area (Å²) >= 11 is 0. The van der Waals surface area contributed by atoms with Crippen LogP contribution in [0.5, 0.6) is 11.5 Å². The minimum atomic E-state index is -0.698. The predicted molar refractivity (Wildman–Crippen MR) is 131 cm³/mol. The van der Waals surface area contributed by atoms with Crippen molar-refractivity contribution in [3.8, 4) is 11.5 Å². The first kappa shape index (κ1) is 24.8. The Bertz CT molecular complexity index is 1090. The van der Waals surface area contributed by atoms with Crippen LogP contribution < -0.4 is 9.47 Å². The predicted octanol–water partition coefficient (Wildman–Crippen LogP) is 5.64. The van der Waals surface area contributed by atoms with E-state index in [1.807, 2.05) is 0 Å². The van der Waals surface area contributed by atoms with Crippen LogP contribution in [-0.2, 0) is 14.4 Å². The minimum Gasteiger partial charge on any atom is -0.426 e. The number of hydrogen-bond acceptors (Lipinski definition) is 6. The summed E-state index contributed by atoms with van der Waals surface area (Å²) in [5.41, 5.74) is 1.46. The van der Waals surface area contributed by atoms with Crippen molar-refractivity contribution >= 4 is 23.5 Å². The molecule has 0 aliphatic heterocycles. The molecule has 2 aromatic carbocycles.